The summed E-state index contributed by atoms with van der Waals surface area (Å²) < 4.78 is 43.4. The fourth-order valence-electron chi connectivity index (χ4n) is 2.29. The van der Waals surface area contributed by atoms with E-state index in [4.69, 9.17) is 4.74 Å². The van der Waals surface area contributed by atoms with Gasteiger partial charge in [-0.3, -0.25) is 9.89 Å². The van der Waals surface area contributed by atoms with Crippen LogP contribution >= 0.6 is 0 Å². The Kier molecular flexibility index (Phi) is 3.89. The predicted molar refractivity (Wildman–Crippen MR) is 70.6 cm³/mol. The van der Waals surface area contributed by atoms with Crippen LogP contribution in [0.25, 0.3) is 0 Å². The van der Waals surface area contributed by atoms with Gasteiger partial charge in [-0.25, -0.2) is 9.97 Å². The van der Waals surface area contributed by atoms with Crippen molar-refractivity contribution in [2.75, 3.05) is 13.1 Å². The SMILES string of the molecule is O=C(c1ncn[nH]1)N1CCC(Oc2cc(C(F)(F)F)ccn2)C1. The average molecular weight is 327 g/mol. The molecule has 3 rings (SSSR count). The molecule has 0 aromatic carbocycles. The zero-order valence-electron chi connectivity index (χ0n) is 11.7. The van der Waals surface area contributed by atoms with Crippen LogP contribution in [0.4, 0.5) is 13.2 Å². The van der Waals surface area contributed by atoms with E-state index in [2.05, 4.69) is 20.2 Å². The Hall–Kier alpha value is -2.65. The highest BCUT2D eigenvalue weighted by Crippen LogP contribution is 2.31. The Labute approximate surface area is 128 Å². The molecule has 0 radical (unpaired) electrons. The summed E-state index contributed by atoms with van der Waals surface area (Å²) >= 11 is 0. The number of hydrogen-bond donors (Lipinski definition) is 1. The molecule has 0 bridgehead atoms. The molecule has 2 aromatic rings. The Morgan fingerprint density at radius 3 is 2.91 bits per heavy atom. The smallest absolute Gasteiger partial charge is 0.416 e. The zero-order valence-corrected chi connectivity index (χ0v) is 11.7. The van der Waals surface area contributed by atoms with Crippen LogP contribution in [0.3, 0.4) is 0 Å². The van der Waals surface area contributed by atoms with Gasteiger partial charge >= 0.3 is 6.18 Å². The third-order valence-corrected chi connectivity index (χ3v) is 3.40. The van der Waals surface area contributed by atoms with Gasteiger partial charge in [-0.15, -0.1) is 0 Å². The van der Waals surface area contributed by atoms with Crippen molar-refractivity contribution >= 4 is 5.91 Å². The quantitative estimate of drug-likeness (QED) is 0.924. The molecule has 1 aliphatic heterocycles. The monoisotopic (exact) mass is 327 g/mol. The molecule has 1 unspecified atom stereocenters. The molecule has 1 atom stereocenters. The highest BCUT2D eigenvalue weighted by atomic mass is 19.4. The molecule has 1 N–H and O–H groups in total. The van der Waals surface area contributed by atoms with E-state index in [1.165, 1.54) is 11.2 Å². The molecule has 2 aromatic heterocycles. The van der Waals surface area contributed by atoms with Crippen molar-refractivity contribution < 1.29 is 22.7 Å². The van der Waals surface area contributed by atoms with Gasteiger partial charge in [-0.05, 0) is 6.07 Å². The first kappa shape index (κ1) is 15.3. The molecule has 10 heteroatoms. The second-order valence-electron chi connectivity index (χ2n) is 4.99. The minimum absolute atomic E-state index is 0.112. The molecule has 1 amide bonds. The first-order chi connectivity index (χ1) is 10.9. The van der Waals surface area contributed by atoms with Crippen molar-refractivity contribution in [1.29, 1.82) is 0 Å². The van der Waals surface area contributed by atoms with Gasteiger partial charge in [0.15, 0.2) is 0 Å². The fraction of sp³-hybridized carbons (Fsp3) is 0.385. The standard InChI is InChI=1S/C13H12F3N5O2/c14-13(15,16)8-1-3-17-10(5-8)23-9-2-4-21(6-9)12(22)11-18-7-19-20-11/h1,3,5,7,9H,2,4,6H2,(H,18,19,20). The number of carbonyl (C=O) groups is 1. The van der Waals surface area contributed by atoms with Gasteiger partial charge in [0.05, 0.1) is 12.1 Å². The van der Waals surface area contributed by atoms with Gasteiger partial charge in [0, 0.05) is 25.2 Å². The molecule has 1 aliphatic rings. The Balaban J connectivity index is 1.63. The number of likely N-dealkylation sites (tertiary alicyclic amines) is 1. The number of hydrogen-bond acceptors (Lipinski definition) is 5. The topological polar surface area (TPSA) is 84.0 Å². The molecule has 3 heterocycles. The van der Waals surface area contributed by atoms with Crippen molar-refractivity contribution in [2.24, 2.45) is 0 Å². The average Bonchev–Trinajstić information content (AvgIpc) is 3.17. The lowest BCUT2D eigenvalue weighted by atomic mass is 10.2. The summed E-state index contributed by atoms with van der Waals surface area (Å²) in [5, 5.41) is 6.07. The summed E-state index contributed by atoms with van der Waals surface area (Å²) in [6, 6.07) is 1.72. The van der Waals surface area contributed by atoms with E-state index in [1.54, 1.807) is 0 Å². The molecule has 7 nitrogen and oxygen atoms in total. The first-order valence-electron chi connectivity index (χ1n) is 6.78. The normalized spacial score (nSPS) is 18.2. The van der Waals surface area contributed by atoms with E-state index in [0.29, 0.717) is 13.0 Å². The predicted octanol–water partition coefficient (Wildman–Crippen LogP) is 1.51. The first-order valence-corrected chi connectivity index (χ1v) is 6.78. The van der Waals surface area contributed by atoms with Crippen molar-refractivity contribution in [3.63, 3.8) is 0 Å². The number of pyridine rings is 1. The minimum atomic E-state index is -4.45. The molecule has 0 aliphatic carbocycles. The van der Waals surface area contributed by atoms with Crippen LogP contribution in [0.5, 0.6) is 5.88 Å². The molecular formula is C13H12F3N5O2. The van der Waals surface area contributed by atoms with Crippen LogP contribution in [0.2, 0.25) is 0 Å². The van der Waals surface area contributed by atoms with Gasteiger partial charge < -0.3 is 9.64 Å². The molecule has 1 fully saturated rings. The molecule has 23 heavy (non-hydrogen) atoms. The summed E-state index contributed by atoms with van der Waals surface area (Å²) in [6.45, 7) is 0.667. The van der Waals surface area contributed by atoms with Crippen LogP contribution < -0.4 is 4.74 Å². The van der Waals surface area contributed by atoms with E-state index in [-0.39, 0.29) is 24.2 Å². The number of alkyl halides is 3. The van der Waals surface area contributed by atoms with Gasteiger partial charge in [0.1, 0.15) is 12.4 Å². The van der Waals surface area contributed by atoms with Crippen LogP contribution in [0.1, 0.15) is 22.6 Å². The number of nitrogens with one attached hydrogen (secondary N) is 1. The molecular weight excluding hydrogens is 315 g/mol. The summed E-state index contributed by atoms with van der Waals surface area (Å²) in [6.07, 6.45) is -2.10. The Morgan fingerprint density at radius 2 is 2.22 bits per heavy atom. The zero-order chi connectivity index (χ0) is 16.4. The van der Waals surface area contributed by atoms with Crippen molar-refractivity contribution in [3.8, 4) is 5.88 Å². The number of carbonyl (C=O) groups excluding carboxylic acids is 1. The summed E-state index contributed by atoms with van der Waals surface area (Å²) in [5.74, 6) is -0.327. The lowest BCUT2D eigenvalue weighted by molar-refractivity contribution is -0.137. The highest BCUT2D eigenvalue weighted by molar-refractivity contribution is 5.90. The number of aromatic amines is 1. The molecule has 1 saturated heterocycles. The lowest BCUT2D eigenvalue weighted by Crippen LogP contribution is -2.31. The van der Waals surface area contributed by atoms with E-state index >= 15 is 0 Å². The summed E-state index contributed by atoms with van der Waals surface area (Å²) in [7, 11) is 0. The molecule has 0 spiro atoms. The van der Waals surface area contributed by atoms with Crippen LogP contribution in [-0.2, 0) is 6.18 Å². The van der Waals surface area contributed by atoms with Crippen LogP contribution in [-0.4, -0.2) is 50.2 Å². The third kappa shape index (κ3) is 3.41. The number of ether oxygens (including phenoxy) is 1. The Morgan fingerprint density at radius 1 is 1.39 bits per heavy atom. The third-order valence-electron chi connectivity index (χ3n) is 3.40. The largest absolute Gasteiger partial charge is 0.472 e. The number of H-pyrrole nitrogens is 1. The number of aromatic nitrogens is 4. The number of rotatable bonds is 3. The van der Waals surface area contributed by atoms with Crippen molar-refractivity contribution in [1.82, 2.24) is 25.1 Å². The van der Waals surface area contributed by atoms with Gasteiger partial charge in [0.25, 0.3) is 5.91 Å². The van der Waals surface area contributed by atoms with E-state index in [0.717, 1.165) is 18.3 Å². The van der Waals surface area contributed by atoms with Gasteiger partial charge in [-0.2, -0.15) is 18.3 Å². The minimum Gasteiger partial charge on any atom is -0.472 e. The maximum Gasteiger partial charge on any atom is 0.416 e. The summed E-state index contributed by atoms with van der Waals surface area (Å²) in [5.41, 5.74) is -0.824. The summed E-state index contributed by atoms with van der Waals surface area (Å²) in [4.78, 5) is 21.1. The van der Waals surface area contributed by atoms with Gasteiger partial charge in [-0.1, -0.05) is 0 Å². The molecule has 0 saturated carbocycles. The maximum atomic E-state index is 12.7. The van der Waals surface area contributed by atoms with Crippen LogP contribution in [0.15, 0.2) is 24.7 Å². The fourth-order valence-corrected chi connectivity index (χ4v) is 2.29. The van der Waals surface area contributed by atoms with E-state index in [1.807, 2.05) is 0 Å². The lowest BCUT2D eigenvalue weighted by Gasteiger charge is -2.16. The highest BCUT2D eigenvalue weighted by Gasteiger charge is 2.32. The number of amides is 1. The van der Waals surface area contributed by atoms with E-state index < -0.39 is 17.8 Å². The maximum absolute atomic E-state index is 12.7. The van der Waals surface area contributed by atoms with Crippen molar-refractivity contribution in [2.45, 2.75) is 18.7 Å². The Bertz CT molecular complexity index is 689. The number of halogens is 3. The second-order valence-corrected chi connectivity index (χ2v) is 4.99. The number of nitrogens with zero attached hydrogens (tertiary/aromatic N) is 4. The van der Waals surface area contributed by atoms with Gasteiger partial charge in [0.2, 0.25) is 11.7 Å². The van der Waals surface area contributed by atoms with Crippen molar-refractivity contribution in [3.05, 3.63) is 36.0 Å². The second kappa shape index (κ2) is 5.86. The van der Waals surface area contributed by atoms with E-state index in [9.17, 15) is 18.0 Å². The van der Waals surface area contributed by atoms with Crippen LogP contribution in [0, 0.1) is 0 Å². The molecule has 122 valence electrons.